The minimum atomic E-state index is 0. The van der Waals surface area contributed by atoms with E-state index >= 15 is 0 Å². The van der Waals surface area contributed by atoms with Crippen LogP contribution in [0.4, 0.5) is 0 Å². The second-order valence-electron chi connectivity index (χ2n) is 1.50. The summed E-state index contributed by atoms with van der Waals surface area (Å²) in [5, 5.41) is 14.0. The average Bonchev–Trinajstić information content (AvgIpc) is 2.08. The molecule has 0 aromatic carbocycles. The fraction of sp³-hybridized carbons (Fsp3) is 0.167. The first-order valence-corrected chi connectivity index (χ1v) is 2.89. The molecule has 5 heteroatoms. The number of nitrogens with zero attached hydrogens (tertiary/aromatic N) is 1. The summed E-state index contributed by atoms with van der Waals surface area (Å²) in [7, 11) is 1.63. The molecule has 1 radical (unpaired) electrons. The van der Waals surface area contributed by atoms with E-state index in [0.29, 0.717) is 0 Å². The molecule has 0 amide bonds. The van der Waals surface area contributed by atoms with E-state index in [1.54, 1.807) is 31.6 Å². The van der Waals surface area contributed by atoms with Gasteiger partial charge in [-0.3, -0.25) is 4.98 Å². The Labute approximate surface area is 65.8 Å². The van der Waals surface area contributed by atoms with Crippen LogP contribution < -0.4 is 4.74 Å². The number of hydrogen-bond donors (Lipinski definition) is 2. The van der Waals surface area contributed by atoms with E-state index in [1.807, 2.05) is 0 Å². The van der Waals surface area contributed by atoms with Gasteiger partial charge in [-0.2, -0.15) is 0 Å². The number of ether oxygens (including phenoxy) is 1. The predicted octanol–water partition coefficient (Wildman–Crippen LogP) is -0.405. The van der Waals surface area contributed by atoms with Gasteiger partial charge in [0.2, 0.25) is 0 Å². The molecule has 0 aliphatic rings. The maximum absolute atomic E-state index is 7.00. The van der Waals surface area contributed by atoms with Crippen molar-refractivity contribution in [1.29, 1.82) is 0 Å². The fourth-order valence-electron chi connectivity index (χ4n) is 0.474. The van der Waals surface area contributed by atoms with Crippen LogP contribution >= 0.6 is 0 Å². The van der Waals surface area contributed by atoms with Crippen LogP contribution in [-0.2, 0) is 0 Å². The van der Waals surface area contributed by atoms with Gasteiger partial charge in [-0.05, 0) is 12.1 Å². The fourth-order valence-corrected chi connectivity index (χ4v) is 0.474. The van der Waals surface area contributed by atoms with E-state index in [0.717, 1.165) is 5.75 Å². The molecule has 0 spiro atoms. The van der Waals surface area contributed by atoms with Gasteiger partial charge in [0.1, 0.15) is 5.75 Å². The van der Waals surface area contributed by atoms with Gasteiger partial charge in [0.05, 0.1) is 7.11 Å². The van der Waals surface area contributed by atoms with Crippen molar-refractivity contribution in [2.24, 2.45) is 0 Å². The highest BCUT2D eigenvalue weighted by molar-refractivity contribution is 6.13. The van der Waals surface area contributed by atoms with Gasteiger partial charge in [-0.1, -0.05) is 0 Å². The highest BCUT2D eigenvalue weighted by Crippen LogP contribution is 2.03. The summed E-state index contributed by atoms with van der Waals surface area (Å²) in [6.07, 6.45) is 3.39. The van der Waals surface area contributed by atoms with Crippen molar-refractivity contribution in [1.82, 2.24) is 4.98 Å². The van der Waals surface area contributed by atoms with Crippen molar-refractivity contribution in [2.75, 3.05) is 7.11 Å². The topological polar surface area (TPSA) is 62.6 Å². The molecular formula is C6H9BNO3. The van der Waals surface area contributed by atoms with Gasteiger partial charge in [-0.15, -0.1) is 0 Å². The van der Waals surface area contributed by atoms with Gasteiger partial charge in [0, 0.05) is 12.4 Å². The lowest BCUT2D eigenvalue weighted by Crippen LogP contribution is -1.80. The number of rotatable bonds is 1. The lowest BCUT2D eigenvalue weighted by molar-refractivity contribution is 0.414. The van der Waals surface area contributed by atoms with E-state index in [-0.39, 0.29) is 7.69 Å². The lowest BCUT2D eigenvalue weighted by atomic mass is 10.5. The van der Waals surface area contributed by atoms with Crippen LogP contribution in [0, 0.1) is 0 Å². The third kappa shape index (κ3) is 5.38. The van der Waals surface area contributed by atoms with Gasteiger partial charge in [0.15, 0.2) is 0 Å². The average molecular weight is 154 g/mol. The summed E-state index contributed by atoms with van der Waals surface area (Å²) in [6, 6.07) is 3.61. The maximum Gasteiger partial charge on any atom is 0.482 e. The minimum Gasteiger partial charge on any atom is -0.497 e. The van der Waals surface area contributed by atoms with Crippen LogP contribution in [0.15, 0.2) is 24.5 Å². The zero-order valence-corrected chi connectivity index (χ0v) is 6.14. The molecule has 4 nitrogen and oxygen atoms in total. The standard InChI is InChI=1S/C6H7NO.BH2O2/c1-8-6-2-4-7-5-3-6;2-1-3/h2-5H,1H3;2-3H. The zero-order chi connectivity index (χ0) is 8.53. The predicted molar refractivity (Wildman–Crippen MR) is 41.0 cm³/mol. The Hall–Kier alpha value is -1.07. The third-order valence-corrected chi connectivity index (χ3v) is 0.885. The van der Waals surface area contributed by atoms with Gasteiger partial charge >= 0.3 is 7.69 Å². The summed E-state index contributed by atoms with van der Waals surface area (Å²) in [5.41, 5.74) is 0. The lowest BCUT2D eigenvalue weighted by Gasteiger charge is -1.93. The van der Waals surface area contributed by atoms with Crippen molar-refractivity contribution < 1.29 is 14.8 Å². The Morgan fingerprint density at radius 1 is 1.36 bits per heavy atom. The van der Waals surface area contributed by atoms with E-state index < -0.39 is 0 Å². The van der Waals surface area contributed by atoms with Crippen LogP contribution in [0.1, 0.15) is 0 Å². The highest BCUT2D eigenvalue weighted by Gasteiger charge is 1.81. The largest absolute Gasteiger partial charge is 0.497 e. The molecule has 1 aromatic heterocycles. The molecule has 2 N–H and O–H groups in total. The molecule has 0 bridgehead atoms. The first-order chi connectivity index (χ1) is 5.35. The molecular weight excluding hydrogens is 145 g/mol. The van der Waals surface area contributed by atoms with Crippen molar-refractivity contribution in [3.05, 3.63) is 24.5 Å². The molecule has 0 aliphatic carbocycles. The Balaban J connectivity index is 0.000000292. The molecule has 1 heterocycles. The Bertz CT molecular complexity index is 171. The quantitative estimate of drug-likeness (QED) is 0.540. The van der Waals surface area contributed by atoms with Gasteiger partial charge in [-0.25, -0.2) is 0 Å². The Morgan fingerprint density at radius 2 is 1.82 bits per heavy atom. The molecule has 0 fully saturated rings. The van der Waals surface area contributed by atoms with E-state index in [1.165, 1.54) is 0 Å². The summed E-state index contributed by atoms with van der Waals surface area (Å²) in [5.74, 6) is 0.847. The molecule has 0 unspecified atom stereocenters. The highest BCUT2D eigenvalue weighted by atomic mass is 16.5. The normalized spacial score (nSPS) is 7.55. The van der Waals surface area contributed by atoms with Crippen LogP contribution in [-0.4, -0.2) is 29.8 Å². The van der Waals surface area contributed by atoms with Crippen LogP contribution in [0.3, 0.4) is 0 Å². The first kappa shape index (κ1) is 9.93. The molecule has 59 valence electrons. The van der Waals surface area contributed by atoms with E-state index in [9.17, 15) is 0 Å². The molecule has 0 saturated carbocycles. The number of methoxy groups -OCH3 is 1. The van der Waals surface area contributed by atoms with Crippen LogP contribution in [0.25, 0.3) is 0 Å². The van der Waals surface area contributed by atoms with Crippen molar-refractivity contribution >= 4 is 7.69 Å². The molecule has 1 rings (SSSR count). The summed E-state index contributed by atoms with van der Waals surface area (Å²) in [4.78, 5) is 3.81. The minimum absolute atomic E-state index is 0. The molecule has 11 heavy (non-hydrogen) atoms. The van der Waals surface area contributed by atoms with Gasteiger partial charge < -0.3 is 14.8 Å². The molecule has 0 atom stereocenters. The summed E-state index contributed by atoms with van der Waals surface area (Å²) >= 11 is 0. The second kappa shape index (κ2) is 7.05. The Kier molecular flexibility index (Phi) is 6.36. The van der Waals surface area contributed by atoms with Crippen molar-refractivity contribution in [2.45, 2.75) is 0 Å². The van der Waals surface area contributed by atoms with Crippen LogP contribution in [0.5, 0.6) is 5.75 Å². The second-order valence-corrected chi connectivity index (χ2v) is 1.50. The number of hydrogen-bond acceptors (Lipinski definition) is 4. The van der Waals surface area contributed by atoms with Gasteiger partial charge in [0.25, 0.3) is 0 Å². The molecule has 0 aliphatic heterocycles. The Morgan fingerprint density at radius 3 is 2.09 bits per heavy atom. The number of aromatic nitrogens is 1. The van der Waals surface area contributed by atoms with Crippen molar-refractivity contribution in [3.63, 3.8) is 0 Å². The first-order valence-electron chi connectivity index (χ1n) is 2.89. The van der Waals surface area contributed by atoms with Crippen molar-refractivity contribution in [3.8, 4) is 5.75 Å². The zero-order valence-electron chi connectivity index (χ0n) is 6.14. The smallest absolute Gasteiger partial charge is 0.482 e. The third-order valence-electron chi connectivity index (χ3n) is 0.885. The summed E-state index contributed by atoms with van der Waals surface area (Å²) < 4.78 is 4.87. The maximum atomic E-state index is 7.00. The van der Waals surface area contributed by atoms with Crippen LogP contribution in [0.2, 0.25) is 0 Å². The monoisotopic (exact) mass is 154 g/mol. The molecule has 0 saturated heterocycles. The van der Waals surface area contributed by atoms with E-state index in [2.05, 4.69) is 4.98 Å². The van der Waals surface area contributed by atoms with E-state index in [4.69, 9.17) is 14.8 Å². The molecule has 1 aromatic rings. The SMILES string of the molecule is COc1ccncc1.O[B]O. The summed E-state index contributed by atoms with van der Waals surface area (Å²) in [6.45, 7) is 0. The number of pyridine rings is 1.